The number of esters is 2. The van der Waals surface area contributed by atoms with E-state index in [4.69, 9.17) is 23.9 Å². The van der Waals surface area contributed by atoms with Crippen LogP contribution in [0.15, 0.2) is 121 Å². The van der Waals surface area contributed by atoms with Gasteiger partial charge in [-0.2, -0.15) is 0 Å². The molecule has 19 heteroatoms. The number of unbranched alkanes of at least 4 members (excludes halogenated alkanes) is 2. The van der Waals surface area contributed by atoms with Crippen LogP contribution in [-0.4, -0.2) is 134 Å². The SMILES string of the molecule is CC(C)(C)OC(=O)CCN(CC(=O)NCCCNC(=O)CCCCn1nnnc1C(C)(C)CCCCOc1cc(-c2ccccc2)cc(-c2ccccc2)n1)C(=O)CN(CCC(=O)OC(C)(C)C)C(=O)OCC1c2ccccc2-c2ccccc21. The van der Waals surface area contributed by atoms with Crippen molar-refractivity contribution in [2.75, 3.05) is 52.5 Å². The Morgan fingerprint density at radius 3 is 1.79 bits per heavy atom. The number of aromatic nitrogens is 5. The number of nitrogens with zero attached hydrogens (tertiary/aromatic N) is 7. The highest BCUT2D eigenvalue weighted by molar-refractivity contribution is 5.88. The van der Waals surface area contributed by atoms with Crippen molar-refractivity contribution in [2.24, 2.45) is 0 Å². The van der Waals surface area contributed by atoms with Crippen LogP contribution in [0.25, 0.3) is 33.5 Å². The summed E-state index contributed by atoms with van der Waals surface area (Å²) >= 11 is 0. The monoisotopic (exact) mass is 1160 g/mol. The molecule has 0 fully saturated rings. The first-order valence-electron chi connectivity index (χ1n) is 29.5. The third kappa shape index (κ3) is 20.1. The fourth-order valence-electron chi connectivity index (χ4n) is 10.1. The number of aryl methyl sites for hydroxylation is 1. The molecule has 0 atom stereocenters. The van der Waals surface area contributed by atoms with Gasteiger partial charge >= 0.3 is 18.0 Å². The summed E-state index contributed by atoms with van der Waals surface area (Å²) in [4.78, 5) is 87.3. The molecule has 2 aromatic heterocycles. The van der Waals surface area contributed by atoms with Crippen LogP contribution in [0.2, 0.25) is 0 Å². The van der Waals surface area contributed by atoms with E-state index in [1.165, 1.54) is 4.90 Å². The third-order valence-electron chi connectivity index (χ3n) is 14.2. The van der Waals surface area contributed by atoms with Crippen molar-refractivity contribution in [3.63, 3.8) is 0 Å². The van der Waals surface area contributed by atoms with Crippen LogP contribution < -0.4 is 15.4 Å². The van der Waals surface area contributed by atoms with Crippen LogP contribution in [0, 0.1) is 0 Å². The number of carbonyl (C=O) groups is 6. The zero-order chi connectivity index (χ0) is 61.0. The molecule has 4 aromatic carbocycles. The average Bonchev–Trinajstić information content (AvgIpc) is 2.19. The molecule has 7 rings (SSSR count). The van der Waals surface area contributed by atoms with Crippen molar-refractivity contribution >= 4 is 35.8 Å². The Bertz CT molecular complexity index is 3090. The minimum Gasteiger partial charge on any atom is -0.478 e. The molecule has 452 valence electrons. The van der Waals surface area contributed by atoms with E-state index in [0.29, 0.717) is 51.3 Å². The number of amides is 4. The summed E-state index contributed by atoms with van der Waals surface area (Å²) in [5.41, 5.74) is 6.22. The largest absolute Gasteiger partial charge is 0.478 e. The second kappa shape index (κ2) is 30.4. The van der Waals surface area contributed by atoms with Gasteiger partial charge in [0.25, 0.3) is 0 Å². The maximum absolute atomic E-state index is 14.2. The summed E-state index contributed by atoms with van der Waals surface area (Å²) in [6.07, 6.45) is 3.24. The van der Waals surface area contributed by atoms with E-state index in [0.717, 1.165) is 74.6 Å². The van der Waals surface area contributed by atoms with Crippen molar-refractivity contribution in [2.45, 2.75) is 142 Å². The Kier molecular flexibility index (Phi) is 22.9. The van der Waals surface area contributed by atoms with E-state index < -0.39 is 54.1 Å². The Labute approximate surface area is 499 Å². The lowest BCUT2D eigenvalue weighted by Gasteiger charge is -2.28. The molecule has 0 aliphatic heterocycles. The minimum atomic E-state index is -0.832. The van der Waals surface area contributed by atoms with Gasteiger partial charge in [-0.3, -0.25) is 28.9 Å². The molecule has 0 spiro atoms. The molecule has 0 radical (unpaired) electrons. The lowest BCUT2D eigenvalue weighted by atomic mass is 9.86. The number of benzene rings is 4. The number of hydrogen-bond donors (Lipinski definition) is 2. The molecule has 2 heterocycles. The normalized spacial score (nSPS) is 12.1. The number of carbonyl (C=O) groups excluding carboxylic acids is 6. The molecule has 85 heavy (non-hydrogen) atoms. The van der Waals surface area contributed by atoms with Crippen molar-refractivity contribution in [3.05, 3.63) is 138 Å². The molecular formula is C66H83N9O10. The molecular weight excluding hydrogens is 1080 g/mol. The smallest absolute Gasteiger partial charge is 0.410 e. The molecule has 1 aliphatic carbocycles. The number of tetrazole rings is 1. The fraction of sp³-hybridized carbons (Fsp3) is 0.455. The molecule has 19 nitrogen and oxygen atoms in total. The van der Waals surface area contributed by atoms with E-state index in [2.05, 4.69) is 58.2 Å². The summed E-state index contributed by atoms with van der Waals surface area (Å²) in [6, 6.07) is 40.2. The van der Waals surface area contributed by atoms with E-state index in [1.807, 2.05) is 108 Å². The van der Waals surface area contributed by atoms with Gasteiger partial charge in [0.1, 0.15) is 24.4 Å². The lowest BCUT2D eigenvalue weighted by molar-refractivity contribution is -0.157. The molecule has 6 aromatic rings. The molecule has 1 aliphatic rings. The summed E-state index contributed by atoms with van der Waals surface area (Å²) in [7, 11) is 0. The standard InChI is InChI=1S/C66H83N9O10/c1-64(2,3)84-60(79)33-39-73(59(78)45-74(40-34-61(80)85-65(4,5)6)63(81)83-46-54-52-30-17-15-28-50(52)51-29-16-18-31-53(51)54)44-57(77)68-37-23-36-67-56(76)32-19-21-38-75-62(70-71-72-75)66(7,8)35-20-22-41-82-58-43-49(47-24-11-9-12-25-47)42-55(69-58)48-26-13-10-14-27-48/h9-18,24-31,42-43,54H,19-23,32-41,44-46H2,1-8H3,(H,67,76)(H,68,77). The predicted octanol–water partition coefficient (Wildman–Crippen LogP) is 10.3. The van der Waals surface area contributed by atoms with Crippen molar-refractivity contribution in [1.82, 2.24) is 45.6 Å². The van der Waals surface area contributed by atoms with Gasteiger partial charge in [-0.15, -0.1) is 5.10 Å². The zero-order valence-electron chi connectivity index (χ0n) is 50.6. The van der Waals surface area contributed by atoms with Crippen LogP contribution in [0.3, 0.4) is 0 Å². The molecule has 0 unspecified atom stereocenters. The number of rotatable bonds is 30. The Morgan fingerprint density at radius 2 is 1.16 bits per heavy atom. The van der Waals surface area contributed by atoms with E-state index in [1.54, 1.807) is 41.5 Å². The van der Waals surface area contributed by atoms with Crippen LogP contribution in [0.5, 0.6) is 5.88 Å². The number of hydrogen-bond acceptors (Lipinski definition) is 14. The number of fused-ring (bicyclic) bond motifs is 3. The number of pyridine rings is 1. The zero-order valence-corrected chi connectivity index (χ0v) is 50.6. The molecule has 0 saturated heterocycles. The van der Waals surface area contributed by atoms with E-state index in [-0.39, 0.29) is 56.3 Å². The topological polar surface area (TPSA) is 226 Å². The summed E-state index contributed by atoms with van der Waals surface area (Å²) < 4.78 is 25.0. The first-order chi connectivity index (χ1) is 40.6. The fourth-order valence-corrected chi connectivity index (χ4v) is 10.1. The van der Waals surface area contributed by atoms with Crippen molar-refractivity contribution in [1.29, 1.82) is 0 Å². The Morgan fingerprint density at radius 1 is 0.588 bits per heavy atom. The minimum absolute atomic E-state index is 0.0286. The maximum Gasteiger partial charge on any atom is 0.410 e. The second-order valence-electron chi connectivity index (χ2n) is 24.0. The first-order valence-corrected chi connectivity index (χ1v) is 29.5. The lowest BCUT2D eigenvalue weighted by Crippen LogP contribution is -2.48. The summed E-state index contributed by atoms with van der Waals surface area (Å²) in [6.45, 7) is 14.8. The van der Waals surface area contributed by atoms with E-state index >= 15 is 0 Å². The van der Waals surface area contributed by atoms with Crippen LogP contribution in [-0.2, 0) is 50.1 Å². The van der Waals surface area contributed by atoms with Gasteiger partial charge in [0.05, 0.1) is 31.7 Å². The first kappa shape index (κ1) is 64.1. The van der Waals surface area contributed by atoms with Crippen LogP contribution in [0.1, 0.15) is 136 Å². The van der Waals surface area contributed by atoms with Crippen molar-refractivity contribution < 1.29 is 47.7 Å². The summed E-state index contributed by atoms with van der Waals surface area (Å²) in [5.74, 6) is -1.34. The highest BCUT2D eigenvalue weighted by atomic mass is 16.6. The number of nitrogens with one attached hydrogen (secondary N) is 2. The highest BCUT2D eigenvalue weighted by Crippen LogP contribution is 2.44. The molecule has 2 N–H and O–H groups in total. The Hall–Kier alpha value is -8.48. The third-order valence-corrected chi connectivity index (χ3v) is 14.2. The van der Waals surface area contributed by atoms with Gasteiger partial charge in [0.2, 0.25) is 23.6 Å². The van der Waals surface area contributed by atoms with Gasteiger partial charge in [-0.1, -0.05) is 123 Å². The number of ether oxygens (including phenoxy) is 4. The van der Waals surface area contributed by atoms with Gasteiger partial charge in [0, 0.05) is 62.1 Å². The van der Waals surface area contributed by atoms with Gasteiger partial charge < -0.3 is 34.5 Å². The average molecular weight is 1160 g/mol. The summed E-state index contributed by atoms with van der Waals surface area (Å²) in [5, 5.41) is 18.4. The predicted molar refractivity (Wildman–Crippen MR) is 324 cm³/mol. The Balaban J connectivity index is 0.840. The maximum atomic E-state index is 14.2. The van der Waals surface area contributed by atoms with Crippen molar-refractivity contribution in [3.8, 4) is 39.4 Å². The van der Waals surface area contributed by atoms with E-state index in [9.17, 15) is 28.8 Å². The van der Waals surface area contributed by atoms with Crippen LogP contribution >= 0.6 is 0 Å². The van der Waals surface area contributed by atoms with Gasteiger partial charge in [-0.05, 0) is 130 Å². The highest BCUT2D eigenvalue weighted by Gasteiger charge is 2.32. The van der Waals surface area contributed by atoms with Gasteiger partial charge in [0.15, 0.2) is 5.82 Å². The molecule has 0 saturated carbocycles. The van der Waals surface area contributed by atoms with Gasteiger partial charge in [-0.25, -0.2) is 14.5 Å². The van der Waals surface area contributed by atoms with Crippen LogP contribution in [0.4, 0.5) is 4.79 Å². The molecule has 0 bridgehead atoms. The quantitative estimate of drug-likeness (QED) is 0.0243. The molecule has 4 amide bonds. The second-order valence-corrected chi connectivity index (χ2v) is 24.0.